The molecule has 0 bridgehead atoms. The maximum absolute atomic E-state index is 11.7. The van der Waals surface area contributed by atoms with E-state index in [0.29, 0.717) is 11.7 Å². The molecule has 0 radical (unpaired) electrons. The van der Waals surface area contributed by atoms with E-state index in [1.807, 2.05) is 18.2 Å². The van der Waals surface area contributed by atoms with Crippen LogP contribution in [0.1, 0.15) is 24.5 Å². The van der Waals surface area contributed by atoms with Crippen molar-refractivity contribution in [2.75, 3.05) is 0 Å². The zero-order valence-corrected chi connectivity index (χ0v) is 8.18. The molecule has 0 atom stereocenters. The fraction of sp³-hybridized carbons (Fsp3) is 0.273. The number of aromatic amines is 1. The van der Waals surface area contributed by atoms with Gasteiger partial charge in [0.1, 0.15) is 0 Å². The van der Waals surface area contributed by atoms with Crippen LogP contribution in [0.5, 0.6) is 0 Å². The molecule has 1 saturated carbocycles. The Morgan fingerprint density at radius 1 is 1.40 bits per heavy atom. The Bertz CT molecular complexity index is 522. The van der Waals surface area contributed by atoms with Gasteiger partial charge in [0, 0.05) is 23.9 Å². The van der Waals surface area contributed by atoms with Crippen molar-refractivity contribution in [3.05, 3.63) is 46.5 Å². The lowest BCUT2D eigenvalue weighted by molar-refractivity contribution is 0.792. The SMILES string of the molecule is O=c1cc(C2CC2)[nH]n1-c1ccccn1. The van der Waals surface area contributed by atoms with Crippen molar-refractivity contribution in [2.24, 2.45) is 0 Å². The van der Waals surface area contributed by atoms with E-state index >= 15 is 0 Å². The molecule has 1 aliphatic carbocycles. The number of nitrogens with one attached hydrogen (secondary N) is 1. The second-order valence-electron chi connectivity index (χ2n) is 3.85. The number of aromatic nitrogens is 3. The predicted octanol–water partition coefficient (Wildman–Crippen LogP) is 1.44. The highest BCUT2D eigenvalue weighted by molar-refractivity contribution is 5.23. The average molecular weight is 201 g/mol. The molecule has 1 aliphatic rings. The van der Waals surface area contributed by atoms with Gasteiger partial charge in [-0.3, -0.25) is 9.89 Å². The molecule has 15 heavy (non-hydrogen) atoms. The first-order chi connectivity index (χ1) is 7.34. The maximum atomic E-state index is 11.7. The molecule has 76 valence electrons. The van der Waals surface area contributed by atoms with Crippen LogP contribution in [0.2, 0.25) is 0 Å². The molecule has 0 spiro atoms. The van der Waals surface area contributed by atoms with E-state index in [-0.39, 0.29) is 5.56 Å². The minimum Gasteiger partial charge on any atom is -0.293 e. The van der Waals surface area contributed by atoms with Crippen LogP contribution < -0.4 is 5.56 Å². The molecule has 2 aromatic rings. The highest BCUT2D eigenvalue weighted by Gasteiger charge is 2.26. The summed E-state index contributed by atoms with van der Waals surface area (Å²) in [4.78, 5) is 15.8. The minimum atomic E-state index is -0.0319. The topological polar surface area (TPSA) is 50.7 Å². The predicted molar refractivity (Wildman–Crippen MR) is 56.2 cm³/mol. The Morgan fingerprint density at radius 3 is 2.93 bits per heavy atom. The third kappa shape index (κ3) is 1.48. The second kappa shape index (κ2) is 3.08. The van der Waals surface area contributed by atoms with E-state index in [9.17, 15) is 4.79 Å². The third-order valence-corrected chi connectivity index (χ3v) is 2.64. The number of pyridine rings is 1. The van der Waals surface area contributed by atoms with Gasteiger partial charge >= 0.3 is 0 Å². The Balaban J connectivity index is 2.08. The van der Waals surface area contributed by atoms with E-state index in [1.165, 1.54) is 17.5 Å². The monoisotopic (exact) mass is 201 g/mol. The number of nitrogens with zero attached hydrogens (tertiary/aromatic N) is 2. The first kappa shape index (κ1) is 8.47. The van der Waals surface area contributed by atoms with E-state index in [1.54, 1.807) is 12.3 Å². The van der Waals surface area contributed by atoms with Gasteiger partial charge in [0.25, 0.3) is 5.56 Å². The Kier molecular flexibility index (Phi) is 1.74. The van der Waals surface area contributed by atoms with Crippen LogP contribution in [0.15, 0.2) is 35.3 Å². The first-order valence-electron chi connectivity index (χ1n) is 5.08. The Hall–Kier alpha value is -1.84. The summed E-state index contributed by atoms with van der Waals surface area (Å²) >= 11 is 0. The number of hydrogen-bond acceptors (Lipinski definition) is 2. The highest BCUT2D eigenvalue weighted by atomic mass is 16.1. The summed E-state index contributed by atoms with van der Waals surface area (Å²) in [5.74, 6) is 1.21. The fourth-order valence-electron chi connectivity index (χ4n) is 1.67. The van der Waals surface area contributed by atoms with Gasteiger partial charge in [-0.05, 0) is 25.0 Å². The van der Waals surface area contributed by atoms with Crippen molar-refractivity contribution in [2.45, 2.75) is 18.8 Å². The summed E-state index contributed by atoms with van der Waals surface area (Å²) in [6.45, 7) is 0. The molecule has 4 nitrogen and oxygen atoms in total. The van der Waals surface area contributed by atoms with E-state index in [0.717, 1.165) is 5.69 Å². The standard InChI is InChI=1S/C11H11N3O/c15-11-7-9(8-4-5-8)13-14(11)10-3-1-2-6-12-10/h1-3,6-8,13H,4-5H2. The molecule has 2 heterocycles. The van der Waals surface area contributed by atoms with E-state index in [4.69, 9.17) is 0 Å². The number of H-pyrrole nitrogens is 1. The van der Waals surface area contributed by atoms with Crippen LogP contribution in [0.4, 0.5) is 0 Å². The highest BCUT2D eigenvalue weighted by Crippen LogP contribution is 2.38. The lowest BCUT2D eigenvalue weighted by atomic mass is 10.3. The minimum absolute atomic E-state index is 0.0319. The van der Waals surface area contributed by atoms with Gasteiger partial charge in [0.15, 0.2) is 5.82 Å². The van der Waals surface area contributed by atoms with E-state index < -0.39 is 0 Å². The molecule has 4 heteroatoms. The summed E-state index contributed by atoms with van der Waals surface area (Å²) in [6.07, 6.45) is 4.05. The molecular formula is C11H11N3O. The Labute approximate surface area is 86.6 Å². The summed E-state index contributed by atoms with van der Waals surface area (Å²) in [5, 5.41) is 3.10. The summed E-state index contributed by atoms with van der Waals surface area (Å²) < 4.78 is 1.49. The van der Waals surface area contributed by atoms with Crippen LogP contribution in [0.3, 0.4) is 0 Å². The summed E-state index contributed by atoms with van der Waals surface area (Å²) in [7, 11) is 0. The van der Waals surface area contributed by atoms with Crippen LogP contribution >= 0.6 is 0 Å². The summed E-state index contributed by atoms with van der Waals surface area (Å²) in [6, 6.07) is 7.19. The van der Waals surface area contributed by atoms with Crippen molar-refractivity contribution in [3.63, 3.8) is 0 Å². The number of hydrogen-bond donors (Lipinski definition) is 1. The van der Waals surface area contributed by atoms with Crippen LogP contribution in [0, 0.1) is 0 Å². The van der Waals surface area contributed by atoms with Gasteiger partial charge in [-0.1, -0.05) is 6.07 Å². The number of rotatable bonds is 2. The van der Waals surface area contributed by atoms with Gasteiger partial charge < -0.3 is 0 Å². The van der Waals surface area contributed by atoms with Crippen molar-refractivity contribution >= 4 is 0 Å². The first-order valence-corrected chi connectivity index (χ1v) is 5.08. The quantitative estimate of drug-likeness (QED) is 0.799. The lowest BCUT2D eigenvalue weighted by Gasteiger charge is -1.99. The van der Waals surface area contributed by atoms with Crippen LogP contribution in [-0.4, -0.2) is 14.8 Å². The molecule has 0 aromatic carbocycles. The van der Waals surface area contributed by atoms with Crippen LogP contribution in [-0.2, 0) is 0 Å². The zero-order chi connectivity index (χ0) is 10.3. The van der Waals surface area contributed by atoms with Crippen molar-refractivity contribution in [1.29, 1.82) is 0 Å². The molecule has 1 N–H and O–H groups in total. The average Bonchev–Trinajstić information content (AvgIpc) is 3.04. The molecule has 0 unspecified atom stereocenters. The summed E-state index contributed by atoms with van der Waals surface area (Å²) in [5.41, 5.74) is 1.00. The smallest absolute Gasteiger partial charge is 0.272 e. The largest absolute Gasteiger partial charge is 0.293 e. The molecule has 0 aliphatic heterocycles. The van der Waals surface area contributed by atoms with Gasteiger partial charge in [0.05, 0.1) is 0 Å². The van der Waals surface area contributed by atoms with Crippen molar-refractivity contribution in [1.82, 2.24) is 14.8 Å². The van der Waals surface area contributed by atoms with Gasteiger partial charge in [0.2, 0.25) is 0 Å². The molecule has 0 amide bonds. The molecule has 1 fully saturated rings. The maximum Gasteiger partial charge on any atom is 0.272 e. The molecule has 0 saturated heterocycles. The third-order valence-electron chi connectivity index (χ3n) is 2.64. The van der Waals surface area contributed by atoms with Gasteiger partial charge in [-0.25, -0.2) is 9.67 Å². The lowest BCUT2D eigenvalue weighted by Crippen LogP contribution is -2.14. The van der Waals surface area contributed by atoms with Crippen molar-refractivity contribution < 1.29 is 0 Å². The van der Waals surface area contributed by atoms with E-state index in [2.05, 4.69) is 10.1 Å². The molecular weight excluding hydrogens is 190 g/mol. The molecule has 3 rings (SSSR count). The second-order valence-corrected chi connectivity index (χ2v) is 3.85. The zero-order valence-electron chi connectivity index (χ0n) is 8.18. The normalized spacial score (nSPS) is 15.5. The van der Waals surface area contributed by atoms with Crippen molar-refractivity contribution in [3.8, 4) is 5.82 Å². The Morgan fingerprint density at radius 2 is 2.27 bits per heavy atom. The van der Waals surface area contributed by atoms with Gasteiger partial charge in [-0.2, -0.15) is 0 Å². The van der Waals surface area contributed by atoms with Gasteiger partial charge in [-0.15, -0.1) is 0 Å². The molecule has 2 aromatic heterocycles. The fourth-order valence-corrected chi connectivity index (χ4v) is 1.67. The van der Waals surface area contributed by atoms with Crippen LogP contribution in [0.25, 0.3) is 5.82 Å².